The maximum Gasteiger partial charge on any atom is 0.406 e. The predicted molar refractivity (Wildman–Crippen MR) is 65.5 cm³/mol. The minimum atomic E-state index is -4.41. The highest BCUT2D eigenvalue weighted by molar-refractivity contribution is 6.29. The van der Waals surface area contributed by atoms with E-state index in [1.54, 1.807) is 0 Å². The summed E-state index contributed by atoms with van der Waals surface area (Å²) in [6.07, 6.45) is -3.23. The number of hydrogen-bond acceptors (Lipinski definition) is 3. The molecule has 2 aromatic heterocycles. The van der Waals surface area contributed by atoms with E-state index in [1.165, 1.54) is 30.5 Å². The van der Waals surface area contributed by atoms with Crippen LogP contribution in [0.2, 0.25) is 5.15 Å². The fourth-order valence-electron chi connectivity index (χ4n) is 1.51. The van der Waals surface area contributed by atoms with Crippen molar-refractivity contribution in [1.29, 1.82) is 0 Å². The molecule has 1 N–H and O–H groups in total. The summed E-state index contributed by atoms with van der Waals surface area (Å²) in [4.78, 5) is 11.9. The summed E-state index contributed by atoms with van der Waals surface area (Å²) in [5, 5.41) is 9.58. The zero-order valence-electron chi connectivity index (χ0n) is 9.86. The molecule has 2 aromatic rings. The summed E-state index contributed by atoms with van der Waals surface area (Å²) in [7, 11) is 0. The van der Waals surface area contributed by atoms with Gasteiger partial charge in [-0.3, -0.25) is 4.79 Å². The van der Waals surface area contributed by atoms with Crippen molar-refractivity contribution >= 4 is 23.3 Å². The Kier molecular flexibility index (Phi) is 3.93. The number of hydrogen-bond donors (Lipinski definition) is 1. The maximum absolute atomic E-state index is 12.3. The van der Waals surface area contributed by atoms with Gasteiger partial charge in [-0.15, -0.1) is 10.2 Å². The molecule has 0 spiro atoms. The summed E-state index contributed by atoms with van der Waals surface area (Å²) >= 11 is 5.53. The molecule has 2 heterocycles. The number of halogens is 4. The second-order valence-corrected chi connectivity index (χ2v) is 4.22. The van der Waals surface area contributed by atoms with E-state index in [9.17, 15) is 18.0 Å². The first-order chi connectivity index (χ1) is 9.35. The minimum absolute atomic E-state index is 0.0964. The molecule has 0 fully saturated rings. The van der Waals surface area contributed by atoms with Crippen molar-refractivity contribution in [1.82, 2.24) is 14.8 Å². The molecule has 0 aliphatic rings. The van der Waals surface area contributed by atoms with Crippen LogP contribution in [0.25, 0.3) is 0 Å². The largest absolute Gasteiger partial charge is 0.406 e. The molecule has 1 amide bonds. The fourth-order valence-corrected chi connectivity index (χ4v) is 1.62. The standard InChI is InChI=1S/C11H8ClF3N4O/c12-8-3-4-9(18-17-8)16-10(20)7-2-1-5-19(7)6-11(13,14)15/h1-5H,6H2,(H,16,18,20). The second-order valence-electron chi connectivity index (χ2n) is 3.83. The fraction of sp³-hybridized carbons (Fsp3) is 0.182. The van der Waals surface area contributed by atoms with E-state index >= 15 is 0 Å². The molecule has 9 heteroatoms. The lowest BCUT2D eigenvalue weighted by atomic mass is 10.4. The van der Waals surface area contributed by atoms with E-state index < -0.39 is 18.6 Å². The van der Waals surface area contributed by atoms with Crippen molar-refractivity contribution < 1.29 is 18.0 Å². The topological polar surface area (TPSA) is 59.8 Å². The van der Waals surface area contributed by atoms with Gasteiger partial charge in [0, 0.05) is 6.20 Å². The Morgan fingerprint density at radius 3 is 2.65 bits per heavy atom. The molecule has 20 heavy (non-hydrogen) atoms. The smallest absolute Gasteiger partial charge is 0.334 e. The van der Waals surface area contributed by atoms with Gasteiger partial charge in [-0.05, 0) is 24.3 Å². The van der Waals surface area contributed by atoms with E-state index in [-0.39, 0.29) is 16.7 Å². The lowest BCUT2D eigenvalue weighted by Crippen LogP contribution is -2.23. The van der Waals surface area contributed by atoms with Gasteiger partial charge in [0.2, 0.25) is 0 Å². The summed E-state index contributed by atoms with van der Waals surface area (Å²) in [5.74, 6) is -0.616. The highest BCUT2D eigenvalue weighted by Crippen LogP contribution is 2.19. The van der Waals surface area contributed by atoms with Gasteiger partial charge >= 0.3 is 6.18 Å². The molecule has 0 bridgehead atoms. The second kappa shape index (κ2) is 5.49. The Morgan fingerprint density at radius 1 is 1.30 bits per heavy atom. The van der Waals surface area contributed by atoms with E-state index in [0.29, 0.717) is 0 Å². The van der Waals surface area contributed by atoms with Crippen molar-refractivity contribution in [3.63, 3.8) is 0 Å². The molecule has 5 nitrogen and oxygen atoms in total. The highest BCUT2D eigenvalue weighted by Gasteiger charge is 2.29. The number of anilines is 1. The van der Waals surface area contributed by atoms with Crippen LogP contribution in [-0.2, 0) is 6.54 Å². The quantitative estimate of drug-likeness (QED) is 0.948. The molecule has 0 saturated carbocycles. The van der Waals surface area contributed by atoms with Crippen molar-refractivity contribution in [3.05, 3.63) is 41.3 Å². The zero-order valence-corrected chi connectivity index (χ0v) is 10.6. The number of carbonyl (C=O) groups is 1. The van der Waals surface area contributed by atoms with Crippen LogP contribution < -0.4 is 5.32 Å². The summed E-state index contributed by atoms with van der Waals surface area (Å²) in [6, 6.07) is 5.43. The van der Waals surface area contributed by atoms with Crippen LogP contribution in [0.4, 0.5) is 19.0 Å². The molecule has 0 saturated heterocycles. The third-order valence-corrected chi connectivity index (χ3v) is 2.49. The van der Waals surface area contributed by atoms with Crippen molar-refractivity contribution in [2.75, 3.05) is 5.32 Å². The SMILES string of the molecule is O=C(Nc1ccc(Cl)nn1)c1cccn1CC(F)(F)F. The van der Waals surface area contributed by atoms with E-state index in [4.69, 9.17) is 11.6 Å². The van der Waals surface area contributed by atoms with Gasteiger partial charge in [0.15, 0.2) is 11.0 Å². The summed E-state index contributed by atoms with van der Waals surface area (Å²) < 4.78 is 37.8. The Bertz CT molecular complexity index is 609. The van der Waals surface area contributed by atoms with E-state index in [0.717, 1.165) is 4.57 Å². The van der Waals surface area contributed by atoms with Crippen LogP contribution in [-0.4, -0.2) is 26.8 Å². The molecular weight excluding hydrogens is 297 g/mol. The summed E-state index contributed by atoms with van der Waals surface area (Å²) in [6.45, 7) is -1.24. The number of nitrogens with one attached hydrogen (secondary N) is 1. The normalized spacial score (nSPS) is 11.4. The first-order valence-corrected chi connectivity index (χ1v) is 5.75. The molecular formula is C11H8ClF3N4O. The Balaban J connectivity index is 2.14. The third kappa shape index (κ3) is 3.70. The number of aromatic nitrogens is 3. The average molecular weight is 305 g/mol. The average Bonchev–Trinajstić information content (AvgIpc) is 2.78. The van der Waals surface area contributed by atoms with Gasteiger partial charge in [0.1, 0.15) is 12.2 Å². The monoisotopic (exact) mass is 304 g/mol. The van der Waals surface area contributed by atoms with Gasteiger partial charge in [-0.1, -0.05) is 11.6 Å². The number of alkyl halides is 3. The number of nitrogens with zero attached hydrogens (tertiary/aromatic N) is 3. The predicted octanol–water partition coefficient (Wildman–Crippen LogP) is 2.75. The first kappa shape index (κ1) is 14.3. The molecule has 106 valence electrons. The van der Waals surface area contributed by atoms with Crippen LogP contribution in [0, 0.1) is 0 Å². The van der Waals surface area contributed by atoms with Crippen LogP contribution >= 0.6 is 11.6 Å². The van der Waals surface area contributed by atoms with Gasteiger partial charge < -0.3 is 9.88 Å². The minimum Gasteiger partial charge on any atom is -0.334 e. The molecule has 0 atom stereocenters. The number of carbonyl (C=O) groups excluding carboxylic acids is 1. The molecule has 0 radical (unpaired) electrons. The Labute approximate surface area is 116 Å². The number of rotatable bonds is 3. The zero-order chi connectivity index (χ0) is 14.8. The van der Waals surface area contributed by atoms with Gasteiger partial charge in [-0.25, -0.2) is 0 Å². The lowest BCUT2D eigenvalue weighted by molar-refractivity contribution is -0.140. The lowest BCUT2D eigenvalue weighted by Gasteiger charge is -2.11. The van der Waals surface area contributed by atoms with Gasteiger partial charge in [-0.2, -0.15) is 13.2 Å². The molecule has 0 aromatic carbocycles. The molecule has 2 rings (SSSR count). The van der Waals surface area contributed by atoms with Crippen molar-refractivity contribution in [2.24, 2.45) is 0 Å². The van der Waals surface area contributed by atoms with E-state index in [2.05, 4.69) is 15.5 Å². The third-order valence-electron chi connectivity index (χ3n) is 2.29. The van der Waals surface area contributed by atoms with Crippen LogP contribution in [0.1, 0.15) is 10.5 Å². The van der Waals surface area contributed by atoms with Crippen molar-refractivity contribution in [3.8, 4) is 0 Å². The Hall–Kier alpha value is -2.09. The first-order valence-electron chi connectivity index (χ1n) is 5.37. The molecule has 0 unspecified atom stereocenters. The highest BCUT2D eigenvalue weighted by atomic mass is 35.5. The number of amides is 1. The van der Waals surface area contributed by atoms with Crippen LogP contribution in [0.15, 0.2) is 30.5 Å². The molecule has 0 aliphatic carbocycles. The van der Waals surface area contributed by atoms with Gasteiger partial charge in [0.05, 0.1) is 0 Å². The van der Waals surface area contributed by atoms with E-state index in [1.807, 2.05) is 0 Å². The van der Waals surface area contributed by atoms with Crippen molar-refractivity contribution in [2.45, 2.75) is 12.7 Å². The summed E-state index contributed by atoms with van der Waals surface area (Å²) in [5.41, 5.74) is -0.126. The van der Waals surface area contributed by atoms with Crippen LogP contribution in [0.5, 0.6) is 0 Å². The molecule has 0 aliphatic heterocycles. The Morgan fingerprint density at radius 2 is 2.05 bits per heavy atom. The maximum atomic E-state index is 12.3. The van der Waals surface area contributed by atoms with Crippen LogP contribution in [0.3, 0.4) is 0 Å². The van der Waals surface area contributed by atoms with Gasteiger partial charge in [0.25, 0.3) is 5.91 Å².